The molecule has 2 atom stereocenters. The van der Waals surface area contributed by atoms with Crippen LogP contribution in [-0.4, -0.2) is 40.0 Å². The summed E-state index contributed by atoms with van der Waals surface area (Å²) in [6, 6.07) is 0.302. The fourth-order valence-electron chi connectivity index (χ4n) is 1.46. The average Bonchev–Trinajstić information content (AvgIpc) is 2.35. The standard InChI is InChI=1S/C6H15N2O2P/c1-6(2)8-7(4-5-9)11(8,3)10/h5-6,10-11H,4H2,1-3H3. The Kier molecular flexibility index (Phi) is 2.30. The van der Waals surface area contributed by atoms with Crippen molar-refractivity contribution in [2.45, 2.75) is 19.9 Å². The Balaban J connectivity index is 2.53. The van der Waals surface area contributed by atoms with Crippen LogP contribution in [0.2, 0.25) is 0 Å². The van der Waals surface area contributed by atoms with Crippen molar-refractivity contribution in [2.75, 3.05) is 13.2 Å². The molecule has 1 aliphatic rings. The summed E-state index contributed by atoms with van der Waals surface area (Å²) in [5, 5.41) is 0. The van der Waals surface area contributed by atoms with E-state index in [2.05, 4.69) is 0 Å². The quantitative estimate of drug-likeness (QED) is 0.382. The molecule has 5 heteroatoms. The van der Waals surface area contributed by atoms with Crippen molar-refractivity contribution < 1.29 is 9.69 Å². The van der Waals surface area contributed by atoms with Gasteiger partial charge < -0.3 is 0 Å². The molecule has 0 aromatic rings. The van der Waals surface area contributed by atoms with E-state index in [1.54, 1.807) is 4.78 Å². The van der Waals surface area contributed by atoms with Crippen LogP contribution in [0.15, 0.2) is 0 Å². The van der Waals surface area contributed by atoms with E-state index < -0.39 is 7.79 Å². The molecule has 1 saturated heterocycles. The Morgan fingerprint density at radius 3 is 2.45 bits per heavy atom. The Bertz CT molecular complexity index is 172. The number of hydrazine groups is 1. The third kappa shape index (κ3) is 1.44. The molecule has 0 aliphatic carbocycles. The van der Waals surface area contributed by atoms with Gasteiger partial charge in [0, 0.05) is 0 Å². The Morgan fingerprint density at radius 1 is 1.64 bits per heavy atom. The van der Waals surface area contributed by atoms with E-state index in [1.807, 2.05) is 25.3 Å². The molecule has 0 radical (unpaired) electrons. The molecule has 4 nitrogen and oxygen atoms in total. The third-order valence-corrected chi connectivity index (χ3v) is 4.70. The Morgan fingerprint density at radius 2 is 2.18 bits per heavy atom. The normalized spacial score (nSPS) is 36.8. The monoisotopic (exact) mass is 178 g/mol. The molecule has 1 rings (SSSR count). The molecule has 0 aromatic carbocycles. The van der Waals surface area contributed by atoms with Crippen molar-refractivity contribution in [3.63, 3.8) is 0 Å². The van der Waals surface area contributed by atoms with Gasteiger partial charge in [-0.25, -0.2) is 0 Å². The molecule has 2 unspecified atom stereocenters. The van der Waals surface area contributed by atoms with Crippen LogP contribution in [0, 0.1) is 0 Å². The first-order chi connectivity index (χ1) is 5.01. The van der Waals surface area contributed by atoms with Crippen LogP contribution < -0.4 is 0 Å². The van der Waals surface area contributed by atoms with E-state index >= 15 is 0 Å². The van der Waals surface area contributed by atoms with Crippen molar-refractivity contribution in [2.24, 2.45) is 0 Å². The third-order valence-electron chi connectivity index (χ3n) is 1.88. The predicted octanol–water partition coefficient (Wildman–Crippen LogP) is 0.243. The van der Waals surface area contributed by atoms with Gasteiger partial charge in [-0.2, -0.15) is 0 Å². The zero-order valence-corrected chi connectivity index (χ0v) is 8.11. The van der Waals surface area contributed by atoms with Crippen LogP contribution in [0.25, 0.3) is 0 Å². The molecular weight excluding hydrogens is 163 g/mol. The van der Waals surface area contributed by atoms with Crippen molar-refractivity contribution in [1.29, 1.82) is 0 Å². The van der Waals surface area contributed by atoms with Gasteiger partial charge >= 0.3 is 66.4 Å². The fourth-order valence-corrected chi connectivity index (χ4v) is 4.31. The van der Waals surface area contributed by atoms with E-state index in [0.717, 1.165) is 6.29 Å². The molecular formula is C6H15N2O2P. The maximum atomic E-state index is 10.2. The first-order valence-corrected chi connectivity index (χ1v) is 6.09. The summed E-state index contributed by atoms with van der Waals surface area (Å²) in [5.41, 5.74) is 0. The number of hydrogen-bond donors (Lipinski definition) is 1. The van der Waals surface area contributed by atoms with Crippen molar-refractivity contribution in [1.82, 2.24) is 9.56 Å². The number of carbonyl (C=O) groups is 1. The van der Waals surface area contributed by atoms with Gasteiger partial charge in [0.05, 0.1) is 0 Å². The molecule has 0 saturated carbocycles. The Hall–Kier alpha value is -0.0200. The van der Waals surface area contributed by atoms with Crippen LogP contribution in [0.5, 0.6) is 0 Å². The van der Waals surface area contributed by atoms with Gasteiger partial charge in [-0.3, -0.25) is 0 Å². The number of carbonyl (C=O) groups excluding carboxylic acids is 1. The van der Waals surface area contributed by atoms with Crippen LogP contribution in [0.3, 0.4) is 0 Å². The molecule has 0 amide bonds. The molecule has 1 fully saturated rings. The van der Waals surface area contributed by atoms with Gasteiger partial charge in [0.1, 0.15) is 0 Å². The first kappa shape index (κ1) is 9.07. The van der Waals surface area contributed by atoms with E-state index in [1.165, 1.54) is 0 Å². The van der Waals surface area contributed by atoms with Gasteiger partial charge in [-0.15, -0.1) is 0 Å². The molecule has 1 heterocycles. The van der Waals surface area contributed by atoms with Gasteiger partial charge in [0.25, 0.3) is 0 Å². The fraction of sp³-hybridized carbons (Fsp3) is 0.833. The van der Waals surface area contributed by atoms with Crippen LogP contribution in [0.4, 0.5) is 0 Å². The molecule has 0 bridgehead atoms. The summed E-state index contributed by atoms with van der Waals surface area (Å²) in [7, 11) is -2.27. The van der Waals surface area contributed by atoms with Gasteiger partial charge in [-0.05, 0) is 0 Å². The maximum absolute atomic E-state index is 10.2. The van der Waals surface area contributed by atoms with Crippen LogP contribution in [0.1, 0.15) is 13.8 Å². The zero-order valence-electron chi connectivity index (χ0n) is 7.11. The molecule has 0 aromatic heterocycles. The summed E-state index contributed by atoms with van der Waals surface area (Å²) >= 11 is 0. The van der Waals surface area contributed by atoms with Crippen molar-refractivity contribution in [3.05, 3.63) is 0 Å². The Labute approximate surface area is 67.3 Å². The SMILES string of the molecule is CC(C)N1N(CC=O)[PH]1(C)O. The van der Waals surface area contributed by atoms with Gasteiger partial charge in [-0.1, -0.05) is 0 Å². The molecule has 1 aliphatic heterocycles. The number of nitrogens with zero attached hydrogens (tertiary/aromatic N) is 2. The summed E-state index contributed by atoms with van der Waals surface area (Å²) in [4.78, 5) is 19.8. The zero-order chi connectivity index (χ0) is 8.65. The molecule has 11 heavy (non-hydrogen) atoms. The summed E-state index contributed by atoms with van der Waals surface area (Å²) in [6.45, 7) is 6.16. The van der Waals surface area contributed by atoms with E-state index in [-0.39, 0.29) is 0 Å². The molecule has 1 N–H and O–H groups in total. The summed E-state index contributed by atoms with van der Waals surface area (Å²) in [6.07, 6.45) is 0.823. The van der Waals surface area contributed by atoms with E-state index in [0.29, 0.717) is 12.6 Å². The second-order valence-corrected chi connectivity index (χ2v) is 6.07. The number of aldehydes is 1. The van der Waals surface area contributed by atoms with Gasteiger partial charge in [0.15, 0.2) is 0 Å². The van der Waals surface area contributed by atoms with Crippen molar-refractivity contribution >= 4 is 14.1 Å². The number of hydrogen-bond acceptors (Lipinski definition) is 4. The molecule has 0 spiro atoms. The van der Waals surface area contributed by atoms with E-state index in [4.69, 9.17) is 0 Å². The molecule has 66 valence electrons. The van der Waals surface area contributed by atoms with Crippen LogP contribution in [-0.2, 0) is 4.79 Å². The number of rotatable bonds is 3. The van der Waals surface area contributed by atoms with Crippen LogP contribution >= 0.6 is 7.79 Å². The summed E-state index contributed by atoms with van der Waals surface area (Å²) < 4.78 is 3.67. The predicted molar refractivity (Wildman–Crippen MR) is 46.2 cm³/mol. The minimum atomic E-state index is -2.27. The van der Waals surface area contributed by atoms with Gasteiger partial charge in [0.2, 0.25) is 0 Å². The first-order valence-electron chi connectivity index (χ1n) is 3.74. The minimum absolute atomic E-state index is 0.302. The summed E-state index contributed by atoms with van der Waals surface area (Å²) in [5.74, 6) is 0. The van der Waals surface area contributed by atoms with Crippen molar-refractivity contribution in [3.8, 4) is 0 Å². The topological polar surface area (TPSA) is 43.3 Å². The average molecular weight is 178 g/mol. The second-order valence-electron chi connectivity index (χ2n) is 3.16. The second kappa shape index (κ2) is 2.79. The van der Waals surface area contributed by atoms with E-state index in [9.17, 15) is 9.69 Å².